The molecule has 0 fully saturated rings. The number of rotatable bonds is 4. The van der Waals surface area contributed by atoms with E-state index in [-0.39, 0.29) is 6.61 Å². The minimum absolute atomic E-state index is 0.231. The summed E-state index contributed by atoms with van der Waals surface area (Å²) in [5.74, 6) is 0.543. The topological polar surface area (TPSA) is 59.1 Å². The molecule has 0 radical (unpaired) electrons. The molecular formula is C9H14N2OS. The van der Waals surface area contributed by atoms with E-state index in [1.54, 1.807) is 18.0 Å². The van der Waals surface area contributed by atoms with Crippen LogP contribution in [0, 0.1) is 0 Å². The molecule has 0 aliphatic rings. The first-order valence-electron chi connectivity index (χ1n) is 4.21. The molecule has 13 heavy (non-hydrogen) atoms. The zero-order valence-electron chi connectivity index (χ0n) is 7.60. The maximum Gasteiger partial charge on any atom is 0.124 e. The molecule has 0 aromatic carbocycles. The lowest BCUT2D eigenvalue weighted by molar-refractivity contribution is 0.289. The second-order valence-corrected chi connectivity index (χ2v) is 4.37. The van der Waals surface area contributed by atoms with Crippen molar-refractivity contribution in [2.75, 3.05) is 12.3 Å². The zero-order chi connectivity index (χ0) is 9.68. The Morgan fingerprint density at radius 1 is 1.69 bits per heavy atom. The Labute approximate surface area is 82.4 Å². The zero-order valence-corrected chi connectivity index (χ0v) is 8.42. The van der Waals surface area contributed by atoms with Crippen LogP contribution in [-0.4, -0.2) is 21.9 Å². The molecule has 0 amide bonds. The quantitative estimate of drug-likeness (QED) is 0.720. The summed E-state index contributed by atoms with van der Waals surface area (Å²) >= 11 is 1.70. The van der Waals surface area contributed by atoms with E-state index in [1.165, 1.54) is 0 Å². The van der Waals surface area contributed by atoms with Gasteiger partial charge >= 0.3 is 0 Å². The number of pyridine rings is 1. The fourth-order valence-electron chi connectivity index (χ4n) is 0.974. The number of thioether (sulfide) groups is 1. The van der Waals surface area contributed by atoms with Gasteiger partial charge in [-0.25, -0.2) is 4.98 Å². The number of aliphatic hydroxyl groups excluding tert-OH is 1. The van der Waals surface area contributed by atoms with E-state index in [9.17, 15) is 0 Å². The SMILES string of the molecule is CC(CCO)Sc1ccnc(N)c1. The normalized spacial score (nSPS) is 12.8. The van der Waals surface area contributed by atoms with E-state index in [0.717, 1.165) is 11.3 Å². The average molecular weight is 198 g/mol. The third-order valence-corrected chi connectivity index (χ3v) is 2.79. The van der Waals surface area contributed by atoms with Crippen LogP contribution in [0.5, 0.6) is 0 Å². The lowest BCUT2D eigenvalue weighted by atomic mass is 10.3. The molecule has 1 aromatic heterocycles. The van der Waals surface area contributed by atoms with Crippen molar-refractivity contribution < 1.29 is 5.11 Å². The Kier molecular flexibility index (Phi) is 4.05. The van der Waals surface area contributed by atoms with Gasteiger partial charge in [0.25, 0.3) is 0 Å². The van der Waals surface area contributed by atoms with Crippen molar-refractivity contribution in [3.05, 3.63) is 18.3 Å². The van der Waals surface area contributed by atoms with Crippen LogP contribution in [0.1, 0.15) is 13.3 Å². The highest BCUT2D eigenvalue weighted by Crippen LogP contribution is 2.25. The third kappa shape index (κ3) is 3.65. The molecule has 0 bridgehead atoms. The predicted octanol–water partition coefficient (Wildman–Crippen LogP) is 1.53. The predicted molar refractivity (Wildman–Crippen MR) is 55.7 cm³/mol. The van der Waals surface area contributed by atoms with Crippen molar-refractivity contribution in [2.24, 2.45) is 0 Å². The van der Waals surface area contributed by atoms with Crippen molar-refractivity contribution in [1.82, 2.24) is 4.98 Å². The van der Waals surface area contributed by atoms with E-state index in [0.29, 0.717) is 11.1 Å². The second-order valence-electron chi connectivity index (χ2n) is 2.86. The first-order valence-corrected chi connectivity index (χ1v) is 5.09. The van der Waals surface area contributed by atoms with E-state index >= 15 is 0 Å². The number of nitrogen functional groups attached to an aromatic ring is 1. The number of aliphatic hydroxyl groups is 1. The van der Waals surface area contributed by atoms with Gasteiger partial charge in [0.05, 0.1) is 0 Å². The lowest BCUT2D eigenvalue weighted by Crippen LogP contribution is -1.99. The summed E-state index contributed by atoms with van der Waals surface area (Å²) in [4.78, 5) is 5.01. The standard InChI is InChI=1S/C9H14N2OS/c1-7(3-5-12)13-8-2-4-11-9(10)6-8/h2,4,6-7,12H,3,5H2,1H3,(H2,10,11). The summed E-state index contributed by atoms with van der Waals surface area (Å²) in [5.41, 5.74) is 5.53. The number of nitrogens with two attached hydrogens (primary N) is 1. The van der Waals surface area contributed by atoms with Crippen LogP contribution in [0.3, 0.4) is 0 Å². The van der Waals surface area contributed by atoms with Crippen LogP contribution >= 0.6 is 11.8 Å². The fraction of sp³-hybridized carbons (Fsp3) is 0.444. The highest BCUT2D eigenvalue weighted by Gasteiger charge is 2.03. The molecule has 4 heteroatoms. The van der Waals surface area contributed by atoms with Gasteiger partial charge in [-0.1, -0.05) is 6.92 Å². The first-order chi connectivity index (χ1) is 6.22. The molecule has 0 aliphatic carbocycles. The Morgan fingerprint density at radius 2 is 2.46 bits per heavy atom. The largest absolute Gasteiger partial charge is 0.396 e. The molecule has 1 rings (SSSR count). The molecule has 1 atom stereocenters. The van der Waals surface area contributed by atoms with E-state index in [1.807, 2.05) is 12.1 Å². The van der Waals surface area contributed by atoms with Gasteiger partial charge in [-0.2, -0.15) is 0 Å². The van der Waals surface area contributed by atoms with Crippen LogP contribution in [0.15, 0.2) is 23.2 Å². The monoisotopic (exact) mass is 198 g/mol. The second kappa shape index (κ2) is 5.09. The van der Waals surface area contributed by atoms with Crippen LogP contribution in [0.25, 0.3) is 0 Å². The Balaban J connectivity index is 2.53. The Bertz CT molecular complexity index is 268. The number of aromatic nitrogens is 1. The highest BCUT2D eigenvalue weighted by molar-refractivity contribution is 7.99. The van der Waals surface area contributed by atoms with Gasteiger partial charge in [-0.15, -0.1) is 11.8 Å². The van der Waals surface area contributed by atoms with Gasteiger partial charge in [-0.3, -0.25) is 0 Å². The van der Waals surface area contributed by atoms with Gasteiger partial charge in [-0.05, 0) is 18.6 Å². The molecule has 72 valence electrons. The molecule has 3 N–H and O–H groups in total. The average Bonchev–Trinajstić information content (AvgIpc) is 2.04. The van der Waals surface area contributed by atoms with Crippen molar-refractivity contribution >= 4 is 17.6 Å². The van der Waals surface area contributed by atoms with Crippen molar-refractivity contribution in [3.8, 4) is 0 Å². The summed E-state index contributed by atoms with van der Waals surface area (Å²) in [5, 5.41) is 9.13. The van der Waals surface area contributed by atoms with E-state index in [2.05, 4.69) is 11.9 Å². The molecule has 0 spiro atoms. The maximum atomic E-state index is 8.72. The smallest absolute Gasteiger partial charge is 0.124 e. The highest BCUT2D eigenvalue weighted by atomic mass is 32.2. The van der Waals surface area contributed by atoms with Crippen LogP contribution < -0.4 is 5.73 Å². The van der Waals surface area contributed by atoms with Gasteiger partial charge in [0.2, 0.25) is 0 Å². The molecule has 1 unspecified atom stereocenters. The van der Waals surface area contributed by atoms with Crippen molar-refractivity contribution in [2.45, 2.75) is 23.5 Å². The molecule has 0 aliphatic heterocycles. The molecule has 3 nitrogen and oxygen atoms in total. The van der Waals surface area contributed by atoms with Gasteiger partial charge in [0.15, 0.2) is 0 Å². The maximum absolute atomic E-state index is 8.72. The number of hydrogen-bond donors (Lipinski definition) is 2. The third-order valence-electron chi connectivity index (χ3n) is 1.63. The minimum Gasteiger partial charge on any atom is -0.396 e. The molecule has 0 saturated heterocycles. The van der Waals surface area contributed by atoms with Crippen LogP contribution in [0.4, 0.5) is 5.82 Å². The number of anilines is 1. The fourth-order valence-corrected chi connectivity index (χ4v) is 1.99. The molecular weight excluding hydrogens is 184 g/mol. The summed E-state index contributed by atoms with van der Waals surface area (Å²) in [6.45, 7) is 2.31. The summed E-state index contributed by atoms with van der Waals surface area (Å²) in [6.07, 6.45) is 2.50. The molecule has 1 heterocycles. The summed E-state index contributed by atoms with van der Waals surface area (Å²) < 4.78 is 0. The Hall–Kier alpha value is -0.740. The number of nitrogens with zero attached hydrogens (tertiary/aromatic N) is 1. The number of hydrogen-bond acceptors (Lipinski definition) is 4. The summed E-state index contributed by atoms with van der Waals surface area (Å²) in [7, 11) is 0. The lowest BCUT2D eigenvalue weighted by Gasteiger charge is -2.08. The van der Waals surface area contributed by atoms with Crippen LogP contribution in [-0.2, 0) is 0 Å². The van der Waals surface area contributed by atoms with Crippen molar-refractivity contribution in [3.63, 3.8) is 0 Å². The summed E-state index contributed by atoms with van der Waals surface area (Å²) in [6, 6.07) is 3.77. The van der Waals surface area contributed by atoms with Gasteiger partial charge < -0.3 is 10.8 Å². The molecule has 0 saturated carbocycles. The Morgan fingerprint density at radius 3 is 3.08 bits per heavy atom. The van der Waals surface area contributed by atoms with E-state index < -0.39 is 0 Å². The van der Waals surface area contributed by atoms with Gasteiger partial charge in [0.1, 0.15) is 5.82 Å². The first kappa shape index (κ1) is 10.3. The van der Waals surface area contributed by atoms with E-state index in [4.69, 9.17) is 10.8 Å². The minimum atomic E-state index is 0.231. The van der Waals surface area contributed by atoms with Crippen molar-refractivity contribution in [1.29, 1.82) is 0 Å². The van der Waals surface area contributed by atoms with Gasteiger partial charge in [0, 0.05) is 22.9 Å². The molecule has 1 aromatic rings. The van der Waals surface area contributed by atoms with Crippen LogP contribution in [0.2, 0.25) is 0 Å².